The van der Waals surface area contributed by atoms with Crippen molar-refractivity contribution in [3.8, 4) is 0 Å². The molecule has 0 bridgehead atoms. The zero-order chi connectivity index (χ0) is 12.1. The zero-order valence-electron chi connectivity index (χ0n) is 11.3. The molecule has 1 aliphatic heterocycles. The lowest BCUT2D eigenvalue weighted by atomic mass is 10.0. The number of nitrogens with one attached hydrogen (secondary N) is 1. The van der Waals surface area contributed by atoms with Crippen molar-refractivity contribution in [1.29, 1.82) is 0 Å². The van der Waals surface area contributed by atoms with E-state index >= 15 is 0 Å². The van der Waals surface area contributed by atoms with E-state index in [1.807, 2.05) is 11.8 Å². The Labute approximate surface area is 104 Å². The molecule has 1 heterocycles. The van der Waals surface area contributed by atoms with E-state index in [9.17, 15) is 0 Å². The van der Waals surface area contributed by atoms with E-state index < -0.39 is 0 Å². The Bertz CT molecular complexity index is 294. The molecule has 0 spiro atoms. The van der Waals surface area contributed by atoms with Crippen molar-refractivity contribution >= 4 is 16.9 Å². The van der Waals surface area contributed by atoms with Gasteiger partial charge in [0.1, 0.15) is 0 Å². The van der Waals surface area contributed by atoms with Crippen molar-refractivity contribution in [1.82, 2.24) is 5.32 Å². The molecule has 2 unspecified atom stereocenters. The van der Waals surface area contributed by atoms with Crippen LogP contribution in [0.5, 0.6) is 0 Å². The summed E-state index contributed by atoms with van der Waals surface area (Å²) < 4.78 is 0. The molecule has 2 aliphatic rings. The maximum absolute atomic E-state index is 4.92. The van der Waals surface area contributed by atoms with Crippen molar-refractivity contribution < 1.29 is 0 Å². The Morgan fingerprint density at radius 1 is 1.19 bits per heavy atom. The highest BCUT2D eigenvalue weighted by molar-refractivity contribution is 8.14. The molecule has 0 aromatic heterocycles. The SMILES string of the molecule is CC1CC(C)SC(=NC2C(C)(C)C2(C)C)N1. The maximum atomic E-state index is 4.92. The van der Waals surface area contributed by atoms with Crippen molar-refractivity contribution in [2.24, 2.45) is 15.8 Å². The smallest absolute Gasteiger partial charge is 0.157 e. The molecule has 92 valence electrons. The van der Waals surface area contributed by atoms with Crippen LogP contribution in [0.25, 0.3) is 0 Å². The molecule has 0 radical (unpaired) electrons. The molecule has 1 saturated heterocycles. The van der Waals surface area contributed by atoms with Gasteiger partial charge in [0.15, 0.2) is 5.17 Å². The van der Waals surface area contributed by atoms with Gasteiger partial charge in [0.05, 0.1) is 6.04 Å². The summed E-state index contributed by atoms with van der Waals surface area (Å²) in [4.78, 5) is 4.92. The molecule has 2 atom stereocenters. The Morgan fingerprint density at radius 3 is 2.19 bits per heavy atom. The second kappa shape index (κ2) is 3.66. The highest BCUT2D eigenvalue weighted by atomic mass is 32.2. The van der Waals surface area contributed by atoms with Crippen LogP contribution in [0.15, 0.2) is 4.99 Å². The van der Waals surface area contributed by atoms with Gasteiger partial charge in [-0.05, 0) is 24.2 Å². The second-order valence-electron chi connectivity index (χ2n) is 6.49. The number of aliphatic imine (C=N–C) groups is 1. The molecule has 1 aliphatic carbocycles. The number of hydrogen-bond acceptors (Lipinski definition) is 2. The molecule has 2 fully saturated rings. The van der Waals surface area contributed by atoms with Crippen LogP contribution in [0.4, 0.5) is 0 Å². The minimum absolute atomic E-state index is 0.353. The van der Waals surface area contributed by atoms with Crippen LogP contribution < -0.4 is 5.32 Å². The lowest BCUT2D eigenvalue weighted by Gasteiger charge is -2.27. The van der Waals surface area contributed by atoms with E-state index in [0.29, 0.717) is 28.2 Å². The minimum atomic E-state index is 0.353. The summed E-state index contributed by atoms with van der Waals surface area (Å²) in [5.74, 6) is 0. The van der Waals surface area contributed by atoms with E-state index in [1.165, 1.54) is 6.42 Å². The number of rotatable bonds is 1. The van der Waals surface area contributed by atoms with Crippen LogP contribution in [0.1, 0.15) is 48.0 Å². The minimum Gasteiger partial charge on any atom is -0.362 e. The third-order valence-corrected chi connectivity index (χ3v) is 5.60. The summed E-state index contributed by atoms with van der Waals surface area (Å²) in [5.41, 5.74) is 0.707. The molecule has 0 aromatic carbocycles. The van der Waals surface area contributed by atoms with E-state index in [0.717, 1.165) is 5.17 Å². The van der Waals surface area contributed by atoms with Crippen LogP contribution in [0.3, 0.4) is 0 Å². The summed E-state index contributed by atoms with van der Waals surface area (Å²) in [7, 11) is 0. The largest absolute Gasteiger partial charge is 0.362 e. The maximum Gasteiger partial charge on any atom is 0.157 e. The van der Waals surface area contributed by atoms with Gasteiger partial charge < -0.3 is 5.32 Å². The number of thioether (sulfide) groups is 1. The second-order valence-corrected chi connectivity index (χ2v) is 7.92. The summed E-state index contributed by atoms with van der Waals surface area (Å²) in [6.45, 7) is 13.8. The standard InChI is InChI=1S/C13H24N2S/c1-8-7-9(2)16-11(14-8)15-10-12(3,4)13(10,5)6/h8-10H,7H2,1-6H3,(H,14,15). The van der Waals surface area contributed by atoms with Gasteiger partial charge in [-0.2, -0.15) is 0 Å². The summed E-state index contributed by atoms with van der Waals surface area (Å²) in [6.07, 6.45) is 1.24. The molecule has 3 heteroatoms. The third-order valence-electron chi connectivity index (χ3n) is 4.56. The van der Waals surface area contributed by atoms with Gasteiger partial charge in [0.2, 0.25) is 0 Å². The lowest BCUT2D eigenvalue weighted by Crippen LogP contribution is -2.38. The topological polar surface area (TPSA) is 24.4 Å². The van der Waals surface area contributed by atoms with Crippen molar-refractivity contribution in [3.63, 3.8) is 0 Å². The Kier molecular flexibility index (Phi) is 2.81. The van der Waals surface area contributed by atoms with Crippen molar-refractivity contribution in [2.75, 3.05) is 0 Å². The van der Waals surface area contributed by atoms with E-state index in [1.54, 1.807) is 0 Å². The van der Waals surface area contributed by atoms with E-state index in [4.69, 9.17) is 4.99 Å². The van der Waals surface area contributed by atoms with Gasteiger partial charge in [0.25, 0.3) is 0 Å². The highest BCUT2D eigenvalue weighted by Crippen LogP contribution is 2.64. The van der Waals surface area contributed by atoms with Crippen LogP contribution in [0, 0.1) is 10.8 Å². The van der Waals surface area contributed by atoms with E-state index in [2.05, 4.69) is 46.9 Å². The molecule has 1 saturated carbocycles. The third kappa shape index (κ3) is 1.87. The van der Waals surface area contributed by atoms with Crippen LogP contribution in [-0.2, 0) is 0 Å². The average Bonchev–Trinajstić information content (AvgIpc) is 2.46. The molecule has 1 N–H and O–H groups in total. The van der Waals surface area contributed by atoms with Gasteiger partial charge in [-0.15, -0.1) is 0 Å². The van der Waals surface area contributed by atoms with Gasteiger partial charge in [-0.3, -0.25) is 4.99 Å². The molecule has 2 rings (SSSR count). The first kappa shape index (κ1) is 12.3. The Balaban J connectivity index is 2.09. The van der Waals surface area contributed by atoms with Crippen LogP contribution >= 0.6 is 11.8 Å². The fraction of sp³-hybridized carbons (Fsp3) is 0.923. The summed E-state index contributed by atoms with van der Waals surface area (Å²) in [6, 6.07) is 1.05. The monoisotopic (exact) mass is 240 g/mol. The predicted molar refractivity (Wildman–Crippen MR) is 73.1 cm³/mol. The first-order valence-electron chi connectivity index (χ1n) is 6.26. The van der Waals surface area contributed by atoms with Gasteiger partial charge >= 0.3 is 0 Å². The number of nitrogens with zero attached hydrogens (tertiary/aromatic N) is 1. The normalized spacial score (nSPS) is 39.5. The first-order valence-corrected chi connectivity index (χ1v) is 7.14. The quantitative estimate of drug-likeness (QED) is 0.760. The van der Waals surface area contributed by atoms with Crippen LogP contribution in [0.2, 0.25) is 0 Å². The first-order chi connectivity index (χ1) is 7.25. The molecule has 2 nitrogen and oxygen atoms in total. The predicted octanol–water partition coefficient (Wildman–Crippen LogP) is 3.28. The van der Waals surface area contributed by atoms with Crippen molar-refractivity contribution in [3.05, 3.63) is 0 Å². The fourth-order valence-electron chi connectivity index (χ4n) is 2.71. The zero-order valence-corrected chi connectivity index (χ0v) is 12.1. The average molecular weight is 240 g/mol. The molecule has 16 heavy (non-hydrogen) atoms. The van der Waals surface area contributed by atoms with E-state index in [-0.39, 0.29) is 0 Å². The molecular formula is C13H24N2S. The van der Waals surface area contributed by atoms with Gasteiger partial charge in [-0.1, -0.05) is 46.4 Å². The summed E-state index contributed by atoms with van der Waals surface area (Å²) in [5, 5.41) is 5.36. The van der Waals surface area contributed by atoms with Gasteiger partial charge in [0, 0.05) is 11.3 Å². The molecular weight excluding hydrogens is 216 g/mol. The highest BCUT2D eigenvalue weighted by Gasteiger charge is 2.65. The van der Waals surface area contributed by atoms with Crippen LogP contribution in [-0.4, -0.2) is 22.5 Å². The Morgan fingerprint density at radius 2 is 1.75 bits per heavy atom. The van der Waals surface area contributed by atoms with Gasteiger partial charge in [-0.25, -0.2) is 0 Å². The number of hydrogen-bond donors (Lipinski definition) is 1. The fourth-order valence-corrected chi connectivity index (χ4v) is 3.91. The Hall–Kier alpha value is -0.180. The molecule has 0 aromatic rings. The lowest BCUT2D eigenvalue weighted by molar-refractivity contribution is 0.457. The summed E-state index contributed by atoms with van der Waals surface area (Å²) >= 11 is 1.90. The number of amidine groups is 1. The molecule has 0 amide bonds. The van der Waals surface area contributed by atoms with Crippen molar-refractivity contribution in [2.45, 2.75) is 65.3 Å².